The first-order valence-corrected chi connectivity index (χ1v) is 10.5. The van der Waals surface area contributed by atoms with Gasteiger partial charge in [-0.3, -0.25) is 4.79 Å². The van der Waals surface area contributed by atoms with Gasteiger partial charge in [0.25, 0.3) is 0 Å². The molecule has 0 amide bonds. The molecule has 0 unspecified atom stereocenters. The van der Waals surface area contributed by atoms with Crippen LogP contribution in [0.5, 0.6) is 0 Å². The number of carboxylic acids is 1. The molecule has 2 aromatic heterocycles. The van der Waals surface area contributed by atoms with Gasteiger partial charge in [0.05, 0.1) is 11.2 Å². The van der Waals surface area contributed by atoms with Gasteiger partial charge in [-0.2, -0.15) is 0 Å². The van der Waals surface area contributed by atoms with Gasteiger partial charge in [-0.1, -0.05) is 11.6 Å². The Kier molecular flexibility index (Phi) is 6.41. The average Bonchev–Trinajstić information content (AvgIpc) is 2.76. The molecule has 0 spiro atoms. The maximum absolute atomic E-state index is 13.4. The molecule has 1 aromatic carbocycles. The molecule has 1 fully saturated rings. The first-order chi connectivity index (χ1) is 15.0. The van der Waals surface area contributed by atoms with E-state index in [1.165, 1.54) is 18.5 Å². The van der Waals surface area contributed by atoms with E-state index in [2.05, 4.69) is 30.6 Å². The number of carboxylic acid groups (broad SMARTS) is 1. The van der Waals surface area contributed by atoms with E-state index >= 15 is 0 Å². The Hall–Kier alpha value is -3.07. The zero-order valence-electron chi connectivity index (χ0n) is 16.7. The van der Waals surface area contributed by atoms with Gasteiger partial charge in [0.2, 0.25) is 5.95 Å². The molecule has 3 N–H and O–H groups in total. The molecule has 31 heavy (non-hydrogen) atoms. The Balaban J connectivity index is 1.46. The lowest BCUT2D eigenvalue weighted by molar-refractivity contribution is -0.137. The molecule has 1 aliphatic rings. The van der Waals surface area contributed by atoms with E-state index in [1.54, 1.807) is 12.3 Å². The van der Waals surface area contributed by atoms with Crippen LogP contribution in [0.2, 0.25) is 5.02 Å². The Morgan fingerprint density at radius 1 is 1.19 bits per heavy atom. The van der Waals surface area contributed by atoms with Crippen LogP contribution < -0.4 is 10.6 Å². The average molecular weight is 445 g/mol. The second-order valence-electron chi connectivity index (χ2n) is 7.70. The number of nitrogens with one attached hydrogen (secondary N) is 2. The molecule has 0 atom stereocenters. The zero-order valence-corrected chi connectivity index (χ0v) is 17.4. The molecule has 162 valence electrons. The second-order valence-corrected chi connectivity index (χ2v) is 8.11. The smallest absolute Gasteiger partial charge is 0.303 e. The third kappa shape index (κ3) is 5.35. The van der Waals surface area contributed by atoms with Crippen molar-refractivity contribution in [3.63, 3.8) is 0 Å². The van der Waals surface area contributed by atoms with E-state index in [0.29, 0.717) is 34.4 Å². The number of nitrogens with zero attached hydrogens (tertiary/aromatic N) is 4. The maximum atomic E-state index is 13.4. The molecular formula is C21H22ClFN6O2. The number of anilines is 3. The van der Waals surface area contributed by atoms with E-state index in [0.717, 1.165) is 32.1 Å². The van der Waals surface area contributed by atoms with E-state index in [-0.39, 0.29) is 17.5 Å². The van der Waals surface area contributed by atoms with Crippen molar-refractivity contribution in [2.45, 2.75) is 44.6 Å². The van der Waals surface area contributed by atoms with Crippen LogP contribution >= 0.6 is 11.6 Å². The van der Waals surface area contributed by atoms with Crippen LogP contribution in [0.15, 0.2) is 30.7 Å². The summed E-state index contributed by atoms with van der Waals surface area (Å²) in [5, 5.41) is 15.3. The van der Waals surface area contributed by atoms with Crippen LogP contribution in [0.25, 0.3) is 11.0 Å². The van der Waals surface area contributed by atoms with Crippen LogP contribution in [0.3, 0.4) is 0 Å². The Morgan fingerprint density at radius 3 is 2.74 bits per heavy atom. The van der Waals surface area contributed by atoms with Gasteiger partial charge in [-0.05, 0) is 56.2 Å². The number of hydrogen-bond donors (Lipinski definition) is 3. The molecule has 0 radical (unpaired) electrons. The van der Waals surface area contributed by atoms with Gasteiger partial charge in [0.1, 0.15) is 23.2 Å². The minimum atomic E-state index is -0.737. The van der Waals surface area contributed by atoms with Crippen LogP contribution in [0, 0.1) is 11.7 Å². The largest absolute Gasteiger partial charge is 0.481 e. The summed E-state index contributed by atoms with van der Waals surface area (Å²) >= 11 is 5.86. The monoisotopic (exact) mass is 444 g/mol. The molecule has 8 nitrogen and oxygen atoms in total. The second kappa shape index (κ2) is 9.38. The molecule has 4 rings (SSSR count). The number of benzene rings is 1. The van der Waals surface area contributed by atoms with Gasteiger partial charge in [-0.15, -0.1) is 0 Å². The van der Waals surface area contributed by atoms with Crippen molar-refractivity contribution >= 4 is 46.1 Å². The van der Waals surface area contributed by atoms with Crippen molar-refractivity contribution in [3.8, 4) is 0 Å². The highest BCUT2D eigenvalue weighted by molar-refractivity contribution is 6.31. The summed E-state index contributed by atoms with van der Waals surface area (Å²) in [6.07, 6.45) is 7.85. The van der Waals surface area contributed by atoms with E-state index in [9.17, 15) is 9.18 Å². The number of rotatable bonds is 7. The van der Waals surface area contributed by atoms with Gasteiger partial charge < -0.3 is 15.7 Å². The molecular weight excluding hydrogens is 423 g/mol. The molecule has 3 aromatic rings. The number of hydrogen-bond acceptors (Lipinski definition) is 7. The van der Waals surface area contributed by atoms with Gasteiger partial charge in [-0.25, -0.2) is 24.3 Å². The minimum absolute atomic E-state index is 0.0132. The van der Waals surface area contributed by atoms with E-state index in [1.807, 2.05) is 0 Å². The lowest BCUT2D eigenvalue weighted by Crippen LogP contribution is -2.27. The topological polar surface area (TPSA) is 113 Å². The highest BCUT2D eigenvalue weighted by Crippen LogP contribution is 2.30. The maximum Gasteiger partial charge on any atom is 0.303 e. The summed E-state index contributed by atoms with van der Waals surface area (Å²) in [7, 11) is 0. The predicted octanol–water partition coefficient (Wildman–Crippen LogP) is 4.79. The lowest BCUT2D eigenvalue weighted by Gasteiger charge is -2.28. The third-order valence-electron chi connectivity index (χ3n) is 5.51. The van der Waals surface area contributed by atoms with Crippen LogP contribution in [0.1, 0.15) is 38.5 Å². The summed E-state index contributed by atoms with van der Waals surface area (Å²) in [5.41, 5.74) is 1.70. The Morgan fingerprint density at radius 2 is 2.00 bits per heavy atom. The van der Waals surface area contributed by atoms with E-state index < -0.39 is 11.8 Å². The molecule has 1 aliphatic carbocycles. The summed E-state index contributed by atoms with van der Waals surface area (Å²) in [5.74, 6) is 0.177. The van der Waals surface area contributed by atoms with Gasteiger partial charge in [0.15, 0.2) is 5.82 Å². The molecule has 1 saturated carbocycles. The summed E-state index contributed by atoms with van der Waals surface area (Å²) in [6.45, 7) is 0. The summed E-state index contributed by atoms with van der Waals surface area (Å²) < 4.78 is 13.4. The highest BCUT2D eigenvalue weighted by atomic mass is 35.5. The van der Waals surface area contributed by atoms with Crippen molar-refractivity contribution in [2.75, 3.05) is 10.6 Å². The lowest BCUT2D eigenvalue weighted by atomic mass is 9.83. The van der Waals surface area contributed by atoms with Crippen molar-refractivity contribution in [1.29, 1.82) is 0 Å². The predicted molar refractivity (Wildman–Crippen MR) is 116 cm³/mol. The summed E-state index contributed by atoms with van der Waals surface area (Å²) in [4.78, 5) is 28.2. The normalized spacial score (nSPS) is 18.6. The van der Waals surface area contributed by atoms with Crippen LogP contribution in [-0.4, -0.2) is 37.1 Å². The van der Waals surface area contributed by atoms with Crippen molar-refractivity contribution in [2.24, 2.45) is 5.92 Å². The molecule has 0 bridgehead atoms. The van der Waals surface area contributed by atoms with Gasteiger partial charge in [0, 0.05) is 18.2 Å². The molecule has 0 saturated heterocycles. The number of aromatic nitrogens is 4. The quantitative estimate of drug-likeness (QED) is 0.476. The minimum Gasteiger partial charge on any atom is -0.481 e. The number of aliphatic carboxylic acids is 1. The molecule has 2 heterocycles. The highest BCUT2D eigenvalue weighted by Gasteiger charge is 2.22. The molecule has 0 aliphatic heterocycles. The third-order valence-corrected chi connectivity index (χ3v) is 5.80. The SMILES string of the molecule is O=C(O)CC[C@H]1CC[C@H](Nc2ncc3ncnc(Nc4ccc(F)c(Cl)c4)c3n2)CC1. The van der Waals surface area contributed by atoms with Crippen LogP contribution in [0.4, 0.5) is 21.8 Å². The Labute approximate surface area is 183 Å². The number of fused-ring (bicyclic) bond motifs is 1. The summed E-state index contributed by atoms with van der Waals surface area (Å²) in [6, 6.07) is 4.56. The van der Waals surface area contributed by atoms with Gasteiger partial charge >= 0.3 is 5.97 Å². The fraction of sp³-hybridized carbons (Fsp3) is 0.381. The first kappa shape index (κ1) is 21.2. The zero-order chi connectivity index (χ0) is 21.8. The number of halogens is 2. The fourth-order valence-corrected chi connectivity index (χ4v) is 4.01. The first-order valence-electron chi connectivity index (χ1n) is 10.2. The standard InChI is InChI=1S/C21H22ClFN6O2/c22-15-9-14(6-7-16(15)23)27-20-19-17(25-11-26-20)10-24-21(29-19)28-13-4-1-12(2-5-13)3-8-18(30)31/h6-7,9-13H,1-5,8H2,(H,30,31)(H,24,28,29)(H,25,26,27)/t12-,13-. The van der Waals surface area contributed by atoms with Crippen molar-refractivity contribution in [3.05, 3.63) is 41.6 Å². The number of carbonyl (C=O) groups is 1. The fourth-order valence-electron chi connectivity index (χ4n) is 3.83. The van der Waals surface area contributed by atoms with Crippen molar-refractivity contribution < 1.29 is 14.3 Å². The van der Waals surface area contributed by atoms with E-state index in [4.69, 9.17) is 16.7 Å². The van der Waals surface area contributed by atoms with Crippen molar-refractivity contribution in [1.82, 2.24) is 19.9 Å². The van der Waals surface area contributed by atoms with Crippen LogP contribution in [-0.2, 0) is 4.79 Å². The molecule has 10 heteroatoms. The Bertz CT molecular complexity index is 1090.